The van der Waals surface area contributed by atoms with Crippen LogP contribution < -0.4 is 9.75 Å². The summed E-state index contributed by atoms with van der Waals surface area (Å²) in [4.78, 5) is 0. The van der Waals surface area contributed by atoms with E-state index in [1.54, 1.807) is 18.3 Å². The minimum absolute atomic E-state index is 0.130. The van der Waals surface area contributed by atoms with Crippen LogP contribution >= 0.6 is 0 Å². The van der Waals surface area contributed by atoms with Crippen LogP contribution in [-0.4, -0.2) is 39.3 Å². The van der Waals surface area contributed by atoms with Gasteiger partial charge in [-0.1, -0.05) is 30.3 Å². The highest BCUT2D eigenvalue weighted by Gasteiger charge is 2.32. The first-order valence-electron chi connectivity index (χ1n) is 7.81. The minimum Gasteiger partial charge on any atom is -0.496 e. The summed E-state index contributed by atoms with van der Waals surface area (Å²) in [7, 11) is -1.37. The Bertz CT molecular complexity index is 819. The molecule has 1 aliphatic heterocycles. The maximum atomic E-state index is 11.9. The molecule has 2 aromatic rings. The molecule has 0 radical (unpaired) electrons. The van der Waals surface area contributed by atoms with Crippen molar-refractivity contribution in [3.8, 4) is 5.75 Å². The summed E-state index contributed by atoms with van der Waals surface area (Å²) in [5, 5.41) is 6.39. The van der Waals surface area contributed by atoms with Crippen LogP contribution in [0.25, 0.3) is 0 Å². The van der Waals surface area contributed by atoms with E-state index in [1.807, 2.05) is 54.6 Å². The highest BCUT2D eigenvalue weighted by Crippen LogP contribution is 2.25. The summed E-state index contributed by atoms with van der Waals surface area (Å²) in [6, 6.07) is 17.1. The van der Waals surface area contributed by atoms with Crippen molar-refractivity contribution in [2.45, 2.75) is 12.5 Å². The van der Waals surface area contributed by atoms with Crippen molar-refractivity contribution in [3.05, 3.63) is 60.2 Å². The maximum absolute atomic E-state index is 11.9. The Kier molecular flexibility index (Phi) is 4.85. The maximum Gasteiger partial charge on any atom is 0.152 e. The van der Waals surface area contributed by atoms with Gasteiger partial charge in [-0.05, 0) is 30.7 Å². The van der Waals surface area contributed by atoms with Crippen molar-refractivity contribution >= 4 is 21.7 Å². The summed E-state index contributed by atoms with van der Waals surface area (Å²) >= 11 is 0. The second-order valence-corrected chi connectivity index (χ2v) is 7.95. The molecule has 0 aliphatic carbocycles. The van der Waals surface area contributed by atoms with E-state index in [-0.39, 0.29) is 17.5 Å². The van der Waals surface area contributed by atoms with E-state index in [9.17, 15) is 8.42 Å². The molecule has 2 aromatic carbocycles. The van der Waals surface area contributed by atoms with E-state index >= 15 is 0 Å². The van der Waals surface area contributed by atoms with Gasteiger partial charge in [0, 0.05) is 5.56 Å². The molecule has 0 amide bonds. The summed E-state index contributed by atoms with van der Waals surface area (Å²) in [6.45, 7) is 0. The predicted molar refractivity (Wildman–Crippen MR) is 96.6 cm³/mol. The van der Waals surface area contributed by atoms with Crippen LogP contribution in [-0.2, 0) is 9.84 Å². The van der Waals surface area contributed by atoms with Crippen LogP contribution in [0.4, 0.5) is 5.69 Å². The SMILES string of the molecule is COc1ccccc1/C=N/N(c1ccccc1)C1CCS(=O)(=O)C1. The van der Waals surface area contributed by atoms with E-state index in [4.69, 9.17) is 4.74 Å². The lowest BCUT2D eigenvalue weighted by atomic mass is 10.2. The number of benzene rings is 2. The Morgan fingerprint density at radius 1 is 1.12 bits per heavy atom. The molecule has 0 spiro atoms. The van der Waals surface area contributed by atoms with E-state index in [2.05, 4.69) is 5.10 Å². The van der Waals surface area contributed by atoms with Gasteiger partial charge in [0.1, 0.15) is 5.75 Å². The topological polar surface area (TPSA) is 59.0 Å². The van der Waals surface area contributed by atoms with Gasteiger partial charge < -0.3 is 4.74 Å². The zero-order valence-corrected chi connectivity index (χ0v) is 14.3. The van der Waals surface area contributed by atoms with Gasteiger partial charge in [-0.3, -0.25) is 5.01 Å². The van der Waals surface area contributed by atoms with E-state index in [1.165, 1.54) is 0 Å². The summed E-state index contributed by atoms with van der Waals surface area (Å²) in [5.74, 6) is 1.07. The quantitative estimate of drug-likeness (QED) is 0.618. The van der Waals surface area contributed by atoms with Crippen molar-refractivity contribution in [3.63, 3.8) is 0 Å². The third-order valence-electron chi connectivity index (χ3n) is 4.04. The van der Waals surface area contributed by atoms with Gasteiger partial charge in [0.2, 0.25) is 0 Å². The molecule has 1 unspecified atom stereocenters. The third kappa shape index (κ3) is 3.76. The number of rotatable bonds is 5. The number of para-hydroxylation sites is 2. The van der Waals surface area contributed by atoms with Gasteiger partial charge in [0.15, 0.2) is 9.84 Å². The Morgan fingerprint density at radius 2 is 1.83 bits per heavy atom. The largest absolute Gasteiger partial charge is 0.496 e. The first-order valence-corrected chi connectivity index (χ1v) is 9.63. The van der Waals surface area contributed by atoms with Gasteiger partial charge in [0.25, 0.3) is 0 Å². The molecule has 126 valence electrons. The molecular formula is C18H20N2O3S. The number of hydrogen-bond donors (Lipinski definition) is 0. The van der Waals surface area contributed by atoms with Crippen LogP contribution in [0.2, 0.25) is 0 Å². The smallest absolute Gasteiger partial charge is 0.152 e. The monoisotopic (exact) mass is 344 g/mol. The second-order valence-electron chi connectivity index (χ2n) is 5.72. The average Bonchev–Trinajstić information content (AvgIpc) is 2.96. The molecular weight excluding hydrogens is 324 g/mol. The number of ether oxygens (including phenoxy) is 1. The molecule has 1 heterocycles. The average molecular weight is 344 g/mol. The highest BCUT2D eigenvalue weighted by atomic mass is 32.2. The van der Waals surface area contributed by atoms with Gasteiger partial charge in [-0.2, -0.15) is 5.10 Å². The number of hydrogen-bond acceptors (Lipinski definition) is 5. The van der Waals surface area contributed by atoms with Crippen molar-refractivity contribution in [2.24, 2.45) is 5.10 Å². The predicted octanol–water partition coefficient (Wildman–Crippen LogP) is 2.72. The Balaban J connectivity index is 1.92. The van der Waals surface area contributed by atoms with E-state index in [0.29, 0.717) is 6.42 Å². The molecule has 0 bridgehead atoms. The molecule has 1 aliphatic rings. The number of hydrazone groups is 1. The first kappa shape index (κ1) is 16.5. The van der Waals surface area contributed by atoms with Crippen molar-refractivity contribution in [2.75, 3.05) is 23.6 Å². The number of methoxy groups -OCH3 is 1. The molecule has 0 aromatic heterocycles. The Hall–Kier alpha value is -2.34. The second kappa shape index (κ2) is 7.05. The van der Waals surface area contributed by atoms with Gasteiger partial charge in [0.05, 0.1) is 36.6 Å². The molecule has 1 saturated heterocycles. The zero-order valence-electron chi connectivity index (χ0n) is 13.5. The fraction of sp³-hybridized carbons (Fsp3) is 0.278. The van der Waals surface area contributed by atoms with Crippen LogP contribution in [0.1, 0.15) is 12.0 Å². The van der Waals surface area contributed by atoms with Crippen molar-refractivity contribution < 1.29 is 13.2 Å². The van der Waals surface area contributed by atoms with Gasteiger partial charge in [-0.15, -0.1) is 0 Å². The summed E-state index contributed by atoms with van der Waals surface area (Å²) in [6.07, 6.45) is 2.30. The van der Waals surface area contributed by atoms with E-state index < -0.39 is 9.84 Å². The number of nitrogens with zero attached hydrogens (tertiary/aromatic N) is 2. The van der Waals surface area contributed by atoms with Crippen molar-refractivity contribution in [1.82, 2.24) is 0 Å². The third-order valence-corrected chi connectivity index (χ3v) is 5.79. The summed E-state index contributed by atoms with van der Waals surface area (Å²) < 4.78 is 29.0. The van der Waals surface area contributed by atoms with E-state index in [0.717, 1.165) is 17.0 Å². The fourth-order valence-electron chi connectivity index (χ4n) is 2.82. The van der Waals surface area contributed by atoms with Crippen LogP contribution in [0.15, 0.2) is 59.7 Å². The minimum atomic E-state index is -2.98. The van der Waals surface area contributed by atoms with Gasteiger partial charge in [-0.25, -0.2) is 8.42 Å². The lowest BCUT2D eigenvalue weighted by Crippen LogP contribution is -2.31. The molecule has 1 fully saturated rings. The molecule has 24 heavy (non-hydrogen) atoms. The zero-order chi connectivity index (χ0) is 17.0. The molecule has 6 heteroatoms. The first-order chi connectivity index (χ1) is 11.6. The van der Waals surface area contributed by atoms with Crippen LogP contribution in [0.5, 0.6) is 5.75 Å². The number of sulfone groups is 1. The molecule has 3 rings (SSSR count). The van der Waals surface area contributed by atoms with Crippen LogP contribution in [0.3, 0.4) is 0 Å². The Morgan fingerprint density at radius 3 is 2.50 bits per heavy atom. The normalized spacial score (nSPS) is 19.5. The lowest BCUT2D eigenvalue weighted by molar-refractivity contribution is 0.414. The molecule has 0 saturated carbocycles. The molecule has 1 atom stereocenters. The van der Waals surface area contributed by atoms with Gasteiger partial charge >= 0.3 is 0 Å². The fourth-order valence-corrected chi connectivity index (χ4v) is 4.51. The number of anilines is 1. The van der Waals surface area contributed by atoms with Crippen molar-refractivity contribution in [1.29, 1.82) is 0 Å². The highest BCUT2D eigenvalue weighted by molar-refractivity contribution is 7.91. The standard InChI is InChI=1S/C18H20N2O3S/c1-23-18-10-6-5-7-15(18)13-19-20(16-8-3-2-4-9-16)17-11-12-24(21,22)14-17/h2-10,13,17H,11-12,14H2,1H3/b19-13+. The lowest BCUT2D eigenvalue weighted by Gasteiger charge is -2.25. The summed E-state index contributed by atoms with van der Waals surface area (Å²) in [5.41, 5.74) is 1.73. The molecule has 0 N–H and O–H groups in total. The Labute approximate surface area is 142 Å². The molecule has 5 nitrogen and oxygen atoms in total. The van der Waals surface area contributed by atoms with Crippen LogP contribution in [0, 0.1) is 0 Å².